The summed E-state index contributed by atoms with van der Waals surface area (Å²) in [4.78, 5) is 27.3. The number of urea groups is 1. The van der Waals surface area contributed by atoms with Gasteiger partial charge < -0.3 is 25.0 Å². The van der Waals surface area contributed by atoms with E-state index in [1.165, 1.54) is 0 Å². The average Bonchev–Trinajstić information content (AvgIpc) is 2.83. The summed E-state index contributed by atoms with van der Waals surface area (Å²) in [5, 5.41) is 5.65. The monoisotopic (exact) mass is 431 g/mol. The maximum absolute atomic E-state index is 13.0. The van der Waals surface area contributed by atoms with Crippen LogP contribution in [0.25, 0.3) is 0 Å². The third kappa shape index (κ3) is 4.51. The third-order valence-corrected chi connectivity index (χ3v) is 5.36. The number of methoxy groups -OCH3 is 2. The summed E-state index contributed by atoms with van der Waals surface area (Å²) in [6.07, 6.45) is 1.72. The van der Waals surface area contributed by atoms with Crippen LogP contribution in [-0.2, 0) is 6.42 Å². The molecule has 0 atom stereocenters. The molecule has 1 aliphatic rings. The number of nitrogens with zero attached hydrogens (tertiary/aromatic N) is 1. The van der Waals surface area contributed by atoms with E-state index in [1.54, 1.807) is 32.4 Å². The van der Waals surface area contributed by atoms with Crippen LogP contribution in [0.4, 0.5) is 21.9 Å². The van der Waals surface area contributed by atoms with Crippen LogP contribution >= 0.6 is 0 Å². The highest BCUT2D eigenvalue weighted by Gasteiger charge is 2.24. The van der Waals surface area contributed by atoms with Gasteiger partial charge in [-0.05, 0) is 60.9 Å². The van der Waals surface area contributed by atoms with E-state index < -0.39 is 0 Å². The minimum absolute atomic E-state index is 0.0153. The lowest BCUT2D eigenvalue weighted by Gasteiger charge is -2.30. The highest BCUT2D eigenvalue weighted by Crippen LogP contribution is 2.32. The molecule has 0 spiro atoms. The molecule has 1 aliphatic heterocycles. The van der Waals surface area contributed by atoms with Crippen molar-refractivity contribution in [2.75, 3.05) is 36.3 Å². The summed E-state index contributed by atoms with van der Waals surface area (Å²) in [5.74, 6) is 1.10. The Balaban J connectivity index is 1.47. The molecule has 0 unspecified atom stereocenters. The van der Waals surface area contributed by atoms with Crippen molar-refractivity contribution in [2.24, 2.45) is 0 Å². The van der Waals surface area contributed by atoms with Gasteiger partial charge in [-0.15, -0.1) is 0 Å². The van der Waals surface area contributed by atoms with Gasteiger partial charge in [-0.25, -0.2) is 4.79 Å². The fraction of sp³-hybridized carbons (Fsp3) is 0.200. The lowest BCUT2D eigenvalue weighted by Crippen LogP contribution is -2.35. The minimum atomic E-state index is -0.370. The van der Waals surface area contributed by atoms with Crippen LogP contribution in [0.5, 0.6) is 11.5 Å². The molecule has 3 amide bonds. The SMILES string of the molecule is COc1ccc(NC(=O)Nc2ccc3c(c2)CCCN3C(=O)c2ccccc2)cc1OC. The summed E-state index contributed by atoms with van der Waals surface area (Å²) in [5.41, 5.74) is 3.82. The summed E-state index contributed by atoms with van der Waals surface area (Å²) in [6.45, 7) is 0.674. The third-order valence-electron chi connectivity index (χ3n) is 5.36. The maximum Gasteiger partial charge on any atom is 0.323 e. The number of aryl methyl sites for hydroxylation is 1. The molecule has 7 nitrogen and oxygen atoms in total. The largest absolute Gasteiger partial charge is 0.493 e. The molecule has 0 saturated heterocycles. The molecule has 0 aromatic heterocycles. The molecule has 4 rings (SSSR count). The second-order valence-corrected chi connectivity index (χ2v) is 7.42. The Bertz CT molecular complexity index is 1130. The molecule has 32 heavy (non-hydrogen) atoms. The minimum Gasteiger partial charge on any atom is -0.493 e. The molecule has 0 fully saturated rings. The Morgan fingerprint density at radius 2 is 1.53 bits per heavy atom. The standard InChI is InChI=1S/C25H25N3O4/c1-31-22-13-11-20(16-23(22)32-2)27-25(30)26-19-10-12-21-18(15-19)9-6-14-28(21)24(29)17-7-4-3-5-8-17/h3-5,7-8,10-13,15-16H,6,9,14H2,1-2H3,(H2,26,27,30). The van der Waals surface area contributed by atoms with Crippen LogP contribution in [0.15, 0.2) is 66.7 Å². The molecule has 2 N–H and O–H groups in total. The van der Waals surface area contributed by atoms with E-state index in [0.29, 0.717) is 35.0 Å². The summed E-state index contributed by atoms with van der Waals surface area (Å²) < 4.78 is 10.5. The van der Waals surface area contributed by atoms with E-state index in [-0.39, 0.29) is 11.9 Å². The quantitative estimate of drug-likeness (QED) is 0.600. The Morgan fingerprint density at radius 1 is 0.844 bits per heavy atom. The predicted molar refractivity (Wildman–Crippen MR) is 125 cm³/mol. The van der Waals surface area contributed by atoms with E-state index in [2.05, 4.69) is 10.6 Å². The number of benzene rings is 3. The number of hydrogen-bond donors (Lipinski definition) is 2. The van der Waals surface area contributed by atoms with Crippen molar-refractivity contribution < 1.29 is 19.1 Å². The Kier molecular flexibility index (Phi) is 6.26. The van der Waals surface area contributed by atoms with Gasteiger partial charge in [0, 0.05) is 35.2 Å². The number of amides is 3. The number of carbonyl (C=O) groups excluding carboxylic acids is 2. The van der Waals surface area contributed by atoms with Crippen molar-refractivity contribution in [3.05, 3.63) is 77.9 Å². The van der Waals surface area contributed by atoms with Gasteiger partial charge >= 0.3 is 6.03 Å². The number of carbonyl (C=O) groups is 2. The fourth-order valence-corrected chi connectivity index (χ4v) is 3.83. The zero-order valence-corrected chi connectivity index (χ0v) is 18.1. The normalized spacial score (nSPS) is 12.5. The highest BCUT2D eigenvalue weighted by molar-refractivity contribution is 6.07. The molecular weight excluding hydrogens is 406 g/mol. The lowest BCUT2D eigenvalue weighted by atomic mass is 10.00. The predicted octanol–water partition coefficient (Wildman–Crippen LogP) is 4.94. The van der Waals surface area contributed by atoms with Gasteiger partial charge in [-0.2, -0.15) is 0 Å². The first-order valence-corrected chi connectivity index (χ1v) is 10.4. The zero-order valence-electron chi connectivity index (χ0n) is 18.1. The summed E-state index contributed by atoms with van der Waals surface area (Å²) in [7, 11) is 3.10. The smallest absolute Gasteiger partial charge is 0.323 e. The van der Waals surface area contributed by atoms with Crippen LogP contribution in [0.2, 0.25) is 0 Å². The van der Waals surface area contributed by atoms with Gasteiger partial charge in [-0.3, -0.25) is 4.79 Å². The van der Waals surface area contributed by atoms with Crippen LogP contribution in [0, 0.1) is 0 Å². The fourth-order valence-electron chi connectivity index (χ4n) is 3.83. The van der Waals surface area contributed by atoms with Gasteiger partial charge in [0.25, 0.3) is 5.91 Å². The number of hydrogen-bond acceptors (Lipinski definition) is 4. The second-order valence-electron chi connectivity index (χ2n) is 7.42. The maximum atomic E-state index is 13.0. The summed E-state index contributed by atoms with van der Waals surface area (Å²) >= 11 is 0. The molecule has 0 bridgehead atoms. The van der Waals surface area contributed by atoms with Gasteiger partial charge in [0.1, 0.15) is 0 Å². The first-order valence-electron chi connectivity index (χ1n) is 10.4. The van der Waals surface area contributed by atoms with E-state index in [9.17, 15) is 9.59 Å². The van der Waals surface area contributed by atoms with Crippen molar-refractivity contribution in [1.82, 2.24) is 0 Å². The molecule has 7 heteroatoms. The van der Waals surface area contributed by atoms with Crippen molar-refractivity contribution in [1.29, 1.82) is 0 Å². The topological polar surface area (TPSA) is 79.9 Å². The molecule has 0 aliphatic carbocycles. The zero-order chi connectivity index (χ0) is 22.5. The Hall–Kier alpha value is -4.00. The molecule has 1 heterocycles. The van der Waals surface area contributed by atoms with Crippen LogP contribution < -0.4 is 25.0 Å². The Morgan fingerprint density at radius 3 is 2.25 bits per heavy atom. The van der Waals surface area contributed by atoms with E-state index in [1.807, 2.05) is 53.4 Å². The highest BCUT2D eigenvalue weighted by atomic mass is 16.5. The molecule has 3 aromatic carbocycles. The van der Waals surface area contributed by atoms with Crippen molar-refractivity contribution >= 4 is 29.0 Å². The van der Waals surface area contributed by atoms with Crippen molar-refractivity contribution in [3.63, 3.8) is 0 Å². The first kappa shape index (κ1) is 21.2. The van der Waals surface area contributed by atoms with Crippen LogP contribution in [0.3, 0.4) is 0 Å². The molecule has 164 valence electrons. The molecule has 0 saturated carbocycles. The van der Waals surface area contributed by atoms with Crippen LogP contribution in [-0.4, -0.2) is 32.7 Å². The first-order chi connectivity index (χ1) is 15.6. The molecular formula is C25H25N3O4. The van der Waals surface area contributed by atoms with E-state index in [0.717, 1.165) is 24.1 Å². The number of nitrogens with one attached hydrogen (secondary N) is 2. The lowest BCUT2D eigenvalue weighted by molar-refractivity contribution is 0.0985. The van der Waals surface area contributed by atoms with Crippen molar-refractivity contribution in [3.8, 4) is 11.5 Å². The molecule has 0 radical (unpaired) electrons. The van der Waals surface area contributed by atoms with Crippen LogP contribution in [0.1, 0.15) is 22.3 Å². The number of rotatable bonds is 5. The van der Waals surface area contributed by atoms with E-state index >= 15 is 0 Å². The number of fused-ring (bicyclic) bond motifs is 1. The van der Waals surface area contributed by atoms with Gasteiger partial charge in [0.05, 0.1) is 14.2 Å². The number of ether oxygens (including phenoxy) is 2. The van der Waals surface area contributed by atoms with Gasteiger partial charge in [0.15, 0.2) is 11.5 Å². The van der Waals surface area contributed by atoms with Gasteiger partial charge in [0.2, 0.25) is 0 Å². The summed E-state index contributed by atoms with van der Waals surface area (Å²) in [6, 6.07) is 19.7. The Labute approximate surface area is 187 Å². The van der Waals surface area contributed by atoms with Gasteiger partial charge in [-0.1, -0.05) is 18.2 Å². The second kappa shape index (κ2) is 9.43. The molecule has 3 aromatic rings. The van der Waals surface area contributed by atoms with E-state index in [4.69, 9.17) is 9.47 Å². The van der Waals surface area contributed by atoms with Crippen molar-refractivity contribution in [2.45, 2.75) is 12.8 Å². The average molecular weight is 431 g/mol. The number of anilines is 3.